The number of halogens is 4. The van der Waals surface area contributed by atoms with Crippen molar-refractivity contribution >= 4 is 39.8 Å². The van der Waals surface area contributed by atoms with Crippen LogP contribution in [-0.2, 0) is 10.9 Å². The number of ether oxygens (including phenoxy) is 1. The first-order valence-corrected chi connectivity index (χ1v) is 10.2. The van der Waals surface area contributed by atoms with E-state index in [0.717, 1.165) is 22.4 Å². The molecule has 0 aliphatic rings. The average molecular weight is 472 g/mol. The fourth-order valence-corrected chi connectivity index (χ4v) is 4.07. The molecule has 0 spiro atoms. The summed E-state index contributed by atoms with van der Waals surface area (Å²) >= 11 is 6.88. The van der Waals surface area contributed by atoms with E-state index in [4.69, 9.17) is 16.3 Å². The summed E-state index contributed by atoms with van der Waals surface area (Å²) in [6.45, 7) is 5.16. The number of carbonyl (C=O) groups is 2. The number of nitrogens with one attached hydrogen (secondary N) is 1. The van der Waals surface area contributed by atoms with Gasteiger partial charge in [-0.15, -0.1) is 11.3 Å². The highest BCUT2D eigenvalue weighted by Crippen LogP contribution is 2.36. The Morgan fingerprint density at radius 2 is 1.87 bits per heavy atom. The standard InChI is InChI=1S/C20H17ClF3N3O3S/c1-4-30-19(29)15-10(2)11(3)31-18(15)26-17(28)14-9-25-27(16(14)20(22,23)24)13-7-5-12(21)6-8-13/h5-9H,4H2,1-3H3,(H,26,28). The number of nitrogens with zero attached hydrogens (tertiary/aromatic N) is 2. The summed E-state index contributed by atoms with van der Waals surface area (Å²) in [5.74, 6) is -1.70. The lowest BCUT2D eigenvalue weighted by Gasteiger charge is -2.13. The van der Waals surface area contributed by atoms with Gasteiger partial charge < -0.3 is 10.1 Å². The molecule has 0 aliphatic carbocycles. The van der Waals surface area contributed by atoms with Gasteiger partial charge in [-0.3, -0.25) is 4.79 Å². The van der Waals surface area contributed by atoms with Crippen LogP contribution in [0.5, 0.6) is 0 Å². The van der Waals surface area contributed by atoms with Crippen LogP contribution in [0.4, 0.5) is 18.2 Å². The highest BCUT2D eigenvalue weighted by atomic mass is 35.5. The molecule has 1 aromatic carbocycles. The molecule has 0 saturated carbocycles. The second-order valence-electron chi connectivity index (χ2n) is 6.45. The zero-order valence-corrected chi connectivity index (χ0v) is 18.2. The van der Waals surface area contributed by atoms with Crippen molar-refractivity contribution in [3.8, 4) is 5.69 Å². The van der Waals surface area contributed by atoms with E-state index in [-0.39, 0.29) is 22.9 Å². The smallest absolute Gasteiger partial charge is 0.434 e. The molecule has 0 unspecified atom stereocenters. The zero-order chi connectivity index (χ0) is 22.9. The lowest BCUT2D eigenvalue weighted by atomic mass is 10.1. The van der Waals surface area contributed by atoms with Crippen LogP contribution in [0.15, 0.2) is 30.5 Å². The molecular formula is C20H17ClF3N3O3S. The first kappa shape index (κ1) is 22.8. The Bertz CT molecular complexity index is 1140. The lowest BCUT2D eigenvalue weighted by molar-refractivity contribution is -0.143. The fourth-order valence-electron chi connectivity index (χ4n) is 2.90. The molecule has 6 nitrogen and oxygen atoms in total. The van der Waals surface area contributed by atoms with Gasteiger partial charge in [-0.1, -0.05) is 11.6 Å². The molecule has 0 atom stereocenters. The second-order valence-corrected chi connectivity index (χ2v) is 8.12. The van der Waals surface area contributed by atoms with E-state index in [0.29, 0.717) is 15.3 Å². The number of benzene rings is 1. The van der Waals surface area contributed by atoms with Crippen molar-refractivity contribution in [2.45, 2.75) is 26.9 Å². The number of esters is 1. The van der Waals surface area contributed by atoms with Crippen LogP contribution in [0.25, 0.3) is 5.69 Å². The van der Waals surface area contributed by atoms with Crippen LogP contribution < -0.4 is 5.32 Å². The topological polar surface area (TPSA) is 73.2 Å². The Hall–Kier alpha value is -2.85. The van der Waals surface area contributed by atoms with E-state index in [2.05, 4.69) is 10.4 Å². The molecule has 2 heterocycles. The molecule has 0 radical (unpaired) electrons. The summed E-state index contributed by atoms with van der Waals surface area (Å²) in [4.78, 5) is 25.8. The van der Waals surface area contributed by atoms with Gasteiger partial charge in [0.05, 0.1) is 29.6 Å². The maximum Gasteiger partial charge on any atom is 0.434 e. The van der Waals surface area contributed by atoms with Crippen molar-refractivity contribution in [2.24, 2.45) is 0 Å². The van der Waals surface area contributed by atoms with Crippen LogP contribution in [-0.4, -0.2) is 28.3 Å². The lowest BCUT2D eigenvalue weighted by Crippen LogP contribution is -2.21. The van der Waals surface area contributed by atoms with Gasteiger partial charge in [0.1, 0.15) is 5.00 Å². The van der Waals surface area contributed by atoms with Gasteiger partial charge in [0, 0.05) is 9.90 Å². The number of aryl methyl sites for hydroxylation is 1. The van der Waals surface area contributed by atoms with E-state index in [1.165, 1.54) is 24.3 Å². The zero-order valence-electron chi connectivity index (χ0n) is 16.6. The predicted molar refractivity (Wildman–Crippen MR) is 111 cm³/mol. The van der Waals surface area contributed by atoms with Crippen LogP contribution in [0.2, 0.25) is 5.02 Å². The molecule has 1 amide bonds. The van der Waals surface area contributed by atoms with E-state index < -0.39 is 29.3 Å². The third-order valence-electron chi connectivity index (χ3n) is 4.45. The Kier molecular flexibility index (Phi) is 6.42. The first-order chi connectivity index (χ1) is 14.5. The number of amides is 1. The van der Waals surface area contributed by atoms with Gasteiger partial charge in [-0.2, -0.15) is 18.3 Å². The van der Waals surface area contributed by atoms with Crippen molar-refractivity contribution in [1.29, 1.82) is 0 Å². The molecule has 0 saturated heterocycles. The molecule has 3 aromatic rings. The van der Waals surface area contributed by atoms with Crippen molar-refractivity contribution in [3.63, 3.8) is 0 Å². The van der Waals surface area contributed by atoms with Crippen molar-refractivity contribution in [1.82, 2.24) is 9.78 Å². The summed E-state index contributed by atoms with van der Waals surface area (Å²) in [5, 5.41) is 6.64. The summed E-state index contributed by atoms with van der Waals surface area (Å²) in [7, 11) is 0. The second kappa shape index (κ2) is 8.72. The minimum absolute atomic E-state index is 0.0887. The molecule has 11 heteroatoms. The Balaban J connectivity index is 2.03. The van der Waals surface area contributed by atoms with Crippen molar-refractivity contribution < 1.29 is 27.5 Å². The van der Waals surface area contributed by atoms with Gasteiger partial charge in [0.2, 0.25) is 0 Å². The summed E-state index contributed by atoms with van der Waals surface area (Å²) in [6, 6.07) is 5.55. The molecular weight excluding hydrogens is 455 g/mol. The van der Waals surface area contributed by atoms with Crippen LogP contribution in [0.3, 0.4) is 0 Å². The quantitative estimate of drug-likeness (QED) is 0.488. The molecule has 1 N–H and O–H groups in total. The normalized spacial score (nSPS) is 11.5. The molecule has 0 bridgehead atoms. The third kappa shape index (κ3) is 4.59. The minimum atomic E-state index is -4.87. The highest BCUT2D eigenvalue weighted by molar-refractivity contribution is 7.16. The summed E-state index contributed by atoms with van der Waals surface area (Å²) in [5.41, 5.74) is -1.12. The number of anilines is 1. The number of aromatic nitrogens is 2. The van der Waals surface area contributed by atoms with E-state index in [9.17, 15) is 22.8 Å². The molecule has 0 fully saturated rings. The monoisotopic (exact) mass is 471 g/mol. The highest BCUT2D eigenvalue weighted by Gasteiger charge is 2.41. The SMILES string of the molecule is CCOC(=O)c1c(NC(=O)c2cnn(-c3ccc(Cl)cc3)c2C(F)(F)F)sc(C)c1C. The maximum atomic E-state index is 13.8. The van der Waals surface area contributed by atoms with Crippen molar-refractivity contribution in [3.05, 3.63) is 62.7 Å². The Morgan fingerprint density at radius 3 is 2.45 bits per heavy atom. The number of thiophene rings is 1. The Morgan fingerprint density at radius 1 is 1.23 bits per heavy atom. The van der Waals surface area contributed by atoms with Gasteiger partial charge in [-0.25, -0.2) is 9.48 Å². The van der Waals surface area contributed by atoms with Gasteiger partial charge in [-0.05, 0) is 50.6 Å². The minimum Gasteiger partial charge on any atom is -0.462 e. The van der Waals surface area contributed by atoms with E-state index in [1.807, 2.05) is 0 Å². The van der Waals surface area contributed by atoms with Gasteiger partial charge in [0.15, 0.2) is 5.69 Å². The number of alkyl halides is 3. The largest absolute Gasteiger partial charge is 0.462 e. The first-order valence-electron chi connectivity index (χ1n) is 9.04. The van der Waals surface area contributed by atoms with Crippen LogP contribution in [0.1, 0.15) is 43.8 Å². The van der Waals surface area contributed by atoms with Crippen molar-refractivity contribution in [2.75, 3.05) is 11.9 Å². The maximum absolute atomic E-state index is 13.8. The average Bonchev–Trinajstić information content (AvgIpc) is 3.24. The molecule has 3 rings (SSSR count). The van der Waals surface area contributed by atoms with Crippen LogP contribution >= 0.6 is 22.9 Å². The Labute approximate surface area is 184 Å². The third-order valence-corrected chi connectivity index (χ3v) is 5.82. The van der Waals surface area contributed by atoms with Crippen LogP contribution in [0, 0.1) is 13.8 Å². The number of hydrogen-bond acceptors (Lipinski definition) is 5. The fraction of sp³-hybridized carbons (Fsp3) is 0.250. The molecule has 0 aliphatic heterocycles. The van der Waals surface area contributed by atoms with E-state index in [1.54, 1.807) is 20.8 Å². The molecule has 2 aromatic heterocycles. The number of rotatable bonds is 5. The summed E-state index contributed by atoms with van der Waals surface area (Å²) in [6.07, 6.45) is -4.03. The molecule has 31 heavy (non-hydrogen) atoms. The van der Waals surface area contributed by atoms with E-state index >= 15 is 0 Å². The molecule has 164 valence electrons. The predicted octanol–water partition coefficient (Wildman–Crippen LogP) is 5.65. The van der Waals surface area contributed by atoms with Gasteiger partial charge in [0.25, 0.3) is 5.91 Å². The summed E-state index contributed by atoms with van der Waals surface area (Å²) < 4.78 is 47.2. The number of hydrogen-bond donors (Lipinski definition) is 1. The van der Waals surface area contributed by atoms with Gasteiger partial charge >= 0.3 is 12.1 Å². The number of carbonyl (C=O) groups excluding carboxylic acids is 2.